The molecular formula is C15H13BrN4O5S3. The van der Waals surface area contributed by atoms with E-state index in [2.05, 4.69) is 25.6 Å². The van der Waals surface area contributed by atoms with Gasteiger partial charge in [0, 0.05) is 16.9 Å². The molecule has 0 saturated carbocycles. The van der Waals surface area contributed by atoms with Gasteiger partial charge in [-0.2, -0.15) is 8.42 Å². The number of nitrogens with two attached hydrogens (primary N) is 1. The van der Waals surface area contributed by atoms with E-state index in [-0.39, 0.29) is 31.7 Å². The third kappa shape index (κ3) is 4.01. The number of amides is 2. The molecule has 0 spiro atoms. The van der Waals surface area contributed by atoms with E-state index in [0.29, 0.717) is 10.0 Å². The lowest BCUT2D eigenvalue weighted by molar-refractivity contribution is -0.121. The highest BCUT2D eigenvalue weighted by Crippen LogP contribution is 2.37. The fourth-order valence-electron chi connectivity index (χ4n) is 2.21. The Morgan fingerprint density at radius 1 is 1.36 bits per heavy atom. The zero-order chi connectivity index (χ0) is 20.6. The predicted octanol–water partition coefficient (Wildman–Crippen LogP) is 2.96. The number of hydrogen-bond acceptors (Lipinski definition) is 9. The number of carbonyl (C=O) groups is 2. The average Bonchev–Trinajstić information content (AvgIpc) is 3.17. The number of nitrogen functional groups attached to an aromatic ring is 1. The summed E-state index contributed by atoms with van der Waals surface area (Å²) in [6, 6.07) is 3.04. The van der Waals surface area contributed by atoms with E-state index >= 15 is 0 Å². The molecule has 2 heterocycles. The molecule has 13 heteroatoms. The van der Waals surface area contributed by atoms with Gasteiger partial charge in [0.2, 0.25) is 0 Å². The molecule has 28 heavy (non-hydrogen) atoms. The third-order valence-electron chi connectivity index (χ3n) is 3.61. The van der Waals surface area contributed by atoms with Gasteiger partial charge in [-0.1, -0.05) is 15.9 Å². The van der Waals surface area contributed by atoms with E-state index in [1.54, 1.807) is 6.07 Å². The molecule has 1 saturated heterocycles. The number of imide groups is 1. The SMILES string of the molecule is COc1cc(/C=C2\SC(=O)N(C)C2=O)c(Br)cc1NS(=O)(=O)c1csc(N)n1. The van der Waals surface area contributed by atoms with E-state index in [0.717, 1.165) is 28.0 Å². The van der Waals surface area contributed by atoms with Crippen LogP contribution in [0.3, 0.4) is 0 Å². The second kappa shape index (κ2) is 7.73. The summed E-state index contributed by atoms with van der Waals surface area (Å²) in [6.07, 6.45) is 1.53. The molecule has 1 aliphatic rings. The molecule has 1 aliphatic heterocycles. The number of methoxy groups -OCH3 is 1. The normalized spacial score (nSPS) is 16.1. The fraction of sp³-hybridized carbons (Fsp3) is 0.133. The molecule has 0 radical (unpaired) electrons. The Balaban J connectivity index is 1.97. The van der Waals surface area contributed by atoms with Crippen LogP contribution in [0.1, 0.15) is 5.56 Å². The Bertz CT molecular complexity index is 1110. The summed E-state index contributed by atoms with van der Waals surface area (Å²) >= 11 is 5.18. The first-order valence-corrected chi connectivity index (χ1v) is 11.4. The highest BCUT2D eigenvalue weighted by Gasteiger charge is 2.32. The number of likely N-dealkylation sites (N-methyl/N-ethyl adjacent to an activating group) is 1. The van der Waals surface area contributed by atoms with Crippen molar-refractivity contribution in [2.24, 2.45) is 0 Å². The van der Waals surface area contributed by atoms with Crippen LogP contribution >= 0.6 is 39.0 Å². The molecule has 1 aromatic carbocycles. The summed E-state index contributed by atoms with van der Waals surface area (Å²) in [6.45, 7) is 0. The van der Waals surface area contributed by atoms with Gasteiger partial charge in [-0.15, -0.1) is 11.3 Å². The van der Waals surface area contributed by atoms with Crippen molar-refractivity contribution in [1.82, 2.24) is 9.88 Å². The molecule has 3 N–H and O–H groups in total. The maximum absolute atomic E-state index is 12.5. The summed E-state index contributed by atoms with van der Waals surface area (Å²) in [5, 5.41) is 0.892. The van der Waals surface area contributed by atoms with Gasteiger partial charge in [0.05, 0.1) is 17.7 Å². The second-order valence-electron chi connectivity index (χ2n) is 5.44. The molecule has 1 aromatic heterocycles. The number of carbonyl (C=O) groups excluding carboxylic acids is 2. The zero-order valence-corrected chi connectivity index (χ0v) is 18.5. The summed E-state index contributed by atoms with van der Waals surface area (Å²) in [7, 11) is -1.18. The van der Waals surface area contributed by atoms with Gasteiger partial charge in [0.25, 0.3) is 21.2 Å². The lowest BCUT2D eigenvalue weighted by atomic mass is 10.1. The number of nitrogens with zero attached hydrogens (tertiary/aromatic N) is 2. The Kier molecular flexibility index (Phi) is 5.70. The first kappa shape index (κ1) is 20.6. The third-order valence-corrected chi connectivity index (χ3v) is 7.33. The average molecular weight is 505 g/mol. The number of aromatic nitrogens is 1. The highest BCUT2D eigenvalue weighted by atomic mass is 79.9. The van der Waals surface area contributed by atoms with E-state index in [4.69, 9.17) is 10.5 Å². The topological polar surface area (TPSA) is 132 Å². The molecule has 0 bridgehead atoms. The van der Waals surface area contributed by atoms with Crippen molar-refractivity contribution in [2.75, 3.05) is 24.6 Å². The maximum Gasteiger partial charge on any atom is 0.293 e. The van der Waals surface area contributed by atoms with Crippen LogP contribution in [0.2, 0.25) is 0 Å². The summed E-state index contributed by atoms with van der Waals surface area (Å²) < 4.78 is 33.1. The maximum atomic E-state index is 12.5. The molecule has 0 atom stereocenters. The van der Waals surface area contributed by atoms with Gasteiger partial charge >= 0.3 is 0 Å². The van der Waals surface area contributed by atoms with Crippen LogP contribution in [-0.4, -0.2) is 43.6 Å². The monoisotopic (exact) mass is 504 g/mol. The van der Waals surface area contributed by atoms with Crippen LogP contribution < -0.4 is 15.2 Å². The molecule has 0 aliphatic carbocycles. The Hall–Kier alpha value is -2.09. The van der Waals surface area contributed by atoms with Crippen LogP contribution in [0.4, 0.5) is 15.6 Å². The minimum absolute atomic E-state index is 0.133. The van der Waals surface area contributed by atoms with Gasteiger partial charge in [-0.25, -0.2) is 4.98 Å². The number of sulfonamides is 1. The Morgan fingerprint density at radius 3 is 2.61 bits per heavy atom. The second-order valence-corrected chi connectivity index (χ2v) is 9.81. The molecule has 148 valence electrons. The number of nitrogens with one attached hydrogen (secondary N) is 1. The molecule has 0 unspecified atom stereocenters. The van der Waals surface area contributed by atoms with Gasteiger partial charge in [0.1, 0.15) is 5.75 Å². The summed E-state index contributed by atoms with van der Waals surface area (Å²) in [5.74, 6) is -0.191. The van der Waals surface area contributed by atoms with Gasteiger partial charge in [-0.3, -0.25) is 19.2 Å². The number of thioether (sulfide) groups is 1. The van der Waals surface area contributed by atoms with Crippen molar-refractivity contribution >= 4 is 77.1 Å². The van der Waals surface area contributed by atoms with Gasteiger partial charge < -0.3 is 10.5 Å². The van der Waals surface area contributed by atoms with Crippen LogP contribution in [0, 0.1) is 0 Å². The van der Waals surface area contributed by atoms with Crippen molar-refractivity contribution in [3.63, 3.8) is 0 Å². The van der Waals surface area contributed by atoms with Crippen molar-refractivity contribution in [2.45, 2.75) is 5.03 Å². The smallest absolute Gasteiger partial charge is 0.293 e. The van der Waals surface area contributed by atoms with Crippen LogP contribution in [0.25, 0.3) is 6.08 Å². The molecular weight excluding hydrogens is 492 g/mol. The van der Waals surface area contributed by atoms with E-state index < -0.39 is 15.9 Å². The first-order chi connectivity index (χ1) is 13.1. The zero-order valence-electron chi connectivity index (χ0n) is 14.4. The number of halogens is 1. The van der Waals surface area contributed by atoms with E-state index in [1.807, 2.05) is 0 Å². The lowest BCUT2D eigenvalue weighted by Crippen LogP contribution is -2.22. The lowest BCUT2D eigenvalue weighted by Gasteiger charge is -2.13. The molecule has 2 amide bonds. The van der Waals surface area contributed by atoms with Crippen LogP contribution in [0.15, 0.2) is 31.9 Å². The quantitative estimate of drug-likeness (QED) is 0.593. The Labute approximate surface area is 177 Å². The highest BCUT2D eigenvalue weighted by molar-refractivity contribution is 9.10. The molecule has 1 fully saturated rings. The van der Waals surface area contributed by atoms with E-state index in [1.165, 1.54) is 31.7 Å². The minimum atomic E-state index is -3.96. The number of benzene rings is 1. The Morgan fingerprint density at radius 2 is 2.07 bits per heavy atom. The molecule has 9 nitrogen and oxygen atoms in total. The minimum Gasteiger partial charge on any atom is -0.495 e. The first-order valence-electron chi connectivity index (χ1n) is 7.45. The van der Waals surface area contributed by atoms with Crippen LogP contribution in [-0.2, 0) is 14.8 Å². The van der Waals surface area contributed by atoms with Crippen molar-refractivity contribution < 1.29 is 22.7 Å². The number of hydrogen-bond donors (Lipinski definition) is 2. The number of rotatable bonds is 5. The van der Waals surface area contributed by atoms with Crippen LogP contribution in [0.5, 0.6) is 5.75 Å². The number of ether oxygens (including phenoxy) is 1. The number of anilines is 2. The predicted molar refractivity (Wildman–Crippen MR) is 112 cm³/mol. The fourth-order valence-corrected chi connectivity index (χ4v) is 5.39. The number of thiazole rings is 1. The summed E-state index contributed by atoms with van der Waals surface area (Å²) in [4.78, 5) is 28.7. The van der Waals surface area contributed by atoms with Crippen molar-refractivity contribution in [1.29, 1.82) is 0 Å². The molecule has 2 aromatic rings. The van der Waals surface area contributed by atoms with Crippen molar-refractivity contribution in [3.05, 3.63) is 32.5 Å². The van der Waals surface area contributed by atoms with Crippen molar-refractivity contribution in [3.8, 4) is 5.75 Å². The standard InChI is InChI=1S/C15H13BrN4O5S3/c1-20-13(21)11(27-15(20)22)4-7-3-10(25-2)9(5-8(7)16)19-28(23,24)12-6-26-14(17)18-12/h3-6,19H,1-2H3,(H2,17,18)/b11-4-. The van der Waals surface area contributed by atoms with Gasteiger partial charge in [0.15, 0.2) is 10.2 Å². The summed E-state index contributed by atoms with van der Waals surface area (Å²) in [5.41, 5.74) is 6.20. The largest absolute Gasteiger partial charge is 0.495 e. The molecule has 3 rings (SSSR count). The van der Waals surface area contributed by atoms with E-state index in [9.17, 15) is 18.0 Å². The van der Waals surface area contributed by atoms with Gasteiger partial charge in [-0.05, 0) is 35.5 Å².